The predicted molar refractivity (Wildman–Crippen MR) is 61.1 cm³/mol. The Hall–Kier alpha value is -1.16. The number of ether oxygens (including phenoxy) is 1. The molecule has 2 atom stereocenters. The fourth-order valence-electron chi connectivity index (χ4n) is 2.10. The Kier molecular flexibility index (Phi) is 2.62. The van der Waals surface area contributed by atoms with Crippen molar-refractivity contribution in [1.29, 1.82) is 0 Å². The molecule has 0 aliphatic carbocycles. The quantitative estimate of drug-likeness (QED) is 0.558. The maximum Gasteiger partial charge on any atom is 0.322 e. The van der Waals surface area contributed by atoms with Gasteiger partial charge in [-0.1, -0.05) is 26.8 Å². The van der Waals surface area contributed by atoms with Gasteiger partial charge in [0.25, 0.3) is 0 Å². The Labute approximate surface area is 98.4 Å². The summed E-state index contributed by atoms with van der Waals surface area (Å²) in [5.41, 5.74) is -0.266. The molecule has 2 rings (SSSR count). The third kappa shape index (κ3) is 1.78. The molecule has 1 aromatic rings. The van der Waals surface area contributed by atoms with Crippen LogP contribution in [0.2, 0.25) is 0 Å². The Balaban J connectivity index is 2.42. The first-order valence-corrected chi connectivity index (χ1v) is 6.08. The Morgan fingerprint density at radius 1 is 1.25 bits per heavy atom. The standard InChI is InChI=1S/C12H14O3S/c1-12(2,3)9-8(7-5-4-6-16-7)10(13)15-11(9)14/h4-6,8-9H,1-3H3. The van der Waals surface area contributed by atoms with E-state index in [1.165, 1.54) is 11.3 Å². The van der Waals surface area contributed by atoms with Crippen molar-refractivity contribution in [2.24, 2.45) is 11.3 Å². The van der Waals surface area contributed by atoms with E-state index in [2.05, 4.69) is 0 Å². The van der Waals surface area contributed by atoms with Gasteiger partial charge in [0.1, 0.15) is 5.92 Å². The first-order valence-electron chi connectivity index (χ1n) is 5.20. The molecule has 1 fully saturated rings. The molecule has 1 aliphatic heterocycles. The number of cyclic esters (lactones) is 2. The van der Waals surface area contributed by atoms with Crippen LogP contribution in [0, 0.1) is 11.3 Å². The van der Waals surface area contributed by atoms with Crippen LogP contribution in [0.4, 0.5) is 0 Å². The van der Waals surface area contributed by atoms with Crippen LogP contribution in [-0.4, -0.2) is 11.9 Å². The van der Waals surface area contributed by atoms with Crippen molar-refractivity contribution in [2.45, 2.75) is 26.7 Å². The minimum absolute atomic E-state index is 0.266. The van der Waals surface area contributed by atoms with E-state index >= 15 is 0 Å². The molecule has 2 unspecified atom stereocenters. The summed E-state index contributed by atoms with van der Waals surface area (Å²) in [4.78, 5) is 24.3. The van der Waals surface area contributed by atoms with Gasteiger partial charge in [0.15, 0.2) is 0 Å². The number of rotatable bonds is 1. The van der Waals surface area contributed by atoms with E-state index in [-0.39, 0.29) is 11.3 Å². The van der Waals surface area contributed by atoms with Gasteiger partial charge in [0.05, 0.1) is 5.92 Å². The van der Waals surface area contributed by atoms with Gasteiger partial charge in [-0.25, -0.2) is 0 Å². The number of hydrogen-bond acceptors (Lipinski definition) is 4. The lowest BCUT2D eigenvalue weighted by Gasteiger charge is -2.26. The molecule has 0 amide bonds. The number of carbonyl (C=O) groups excluding carboxylic acids is 2. The van der Waals surface area contributed by atoms with E-state index in [4.69, 9.17) is 4.74 Å². The van der Waals surface area contributed by atoms with Crippen molar-refractivity contribution in [3.63, 3.8) is 0 Å². The summed E-state index contributed by atoms with van der Waals surface area (Å²) < 4.78 is 4.77. The Bertz CT molecular complexity index is 414. The summed E-state index contributed by atoms with van der Waals surface area (Å²) in [6.07, 6.45) is 0. The maximum atomic E-state index is 11.7. The first-order chi connectivity index (χ1) is 7.41. The molecule has 0 saturated carbocycles. The minimum Gasteiger partial charge on any atom is -0.392 e. The normalized spacial score (nSPS) is 25.9. The summed E-state index contributed by atoms with van der Waals surface area (Å²) in [5, 5.41) is 1.91. The van der Waals surface area contributed by atoms with Gasteiger partial charge in [-0.15, -0.1) is 11.3 Å². The summed E-state index contributed by atoms with van der Waals surface area (Å²) >= 11 is 1.49. The average Bonchev–Trinajstić information content (AvgIpc) is 2.70. The van der Waals surface area contributed by atoms with E-state index in [0.717, 1.165) is 4.88 Å². The zero-order valence-electron chi connectivity index (χ0n) is 9.52. The van der Waals surface area contributed by atoms with Crippen LogP contribution in [0.25, 0.3) is 0 Å². The second-order valence-electron chi connectivity index (χ2n) is 5.08. The van der Waals surface area contributed by atoms with Crippen molar-refractivity contribution in [2.75, 3.05) is 0 Å². The van der Waals surface area contributed by atoms with Gasteiger partial charge in [0, 0.05) is 4.88 Å². The smallest absolute Gasteiger partial charge is 0.322 e. The molecule has 1 aromatic heterocycles. The fraction of sp³-hybridized carbons (Fsp3) is 0.500. The van der Waals surface area contributed by atoms with E-state index in [1.54, 1.807) is 0 Å². The monoisotopic (exact) mass is 238 g/mol. The number of thiophene rings is 1. The van der Waals surface area contributed by atoms with Gasteiger partial charge < -0.3 is 4.74 Å². The Morgan fingerprint density at radius 3 is 2.44 bits per heavy atom. The number of carbonyl (C=O) groups is 2. The zero-order chi connectivity index (χ0) is 11.9. The average molecular weight is 238 g/mol. The minimum atomic E-state index is -0.424. The molecule has 1 saturated heterocycles. The van der Waals surface area contributed by atoms with Crippen LogP contribution in [-0.2, 0) is 14.3 Å². The van der Waals surface area contributed by atoms with E-state index in [1.807, 2.05) is 38.3 Å². The topological polar surface area (TPSA) is 43.4 Å². The molecule has 4 heteroatoms. The highest BCUT2D eigenvalue weighted by molar-refractivity contribution is 7.10. The number of hydrogen-bond donors (Lipinski definition) is 0. The molecule has 0 spiro atoms. The fourth-order valence-corrected chi connectivity index (χ4v) is 2.95. The van der Waals surface area contributed by atoms with Gasteiger partial charge >= 0.3 is 11.9 Å². The maximum absolute atomic E-state index is 11.7. The molecule has 3 nitrogen and oxygen atoms in total. The number of esters is 2. The van der Waals surface area contributed by atoms with E-state index in [0.29, 0.717) is 0 Å². The molecular weight excluding hydrogens is 224 g/mol. The molecule has 0 bridgehead atoms. The van der Waals surface area contributed by atoms with Crippen LogP contribution >= 0.6 is 11.3 Å². The van der Waals surface area contributed by atoms with Gasteiger partial charge in [-0.05, 0) is 16.9 Å². The Morgan fingerprint density at radius 2 is 1.94 bits per heavy atom. The molecule has 0 N–H and O–H groups in total. The van der Waals surface area contributed by atoms with Crippen molar-refractivity contribution in [3.8, 4) is 0 Å². The van der Waals surface area contributed by atoms with Gasteiger partial charge in [-0.2, -0.15) is 0 Å². The highest BCUT2D eigenvalue weighted by atomic mass is 32.1. The van der Waals surface area contributed by atoms with E-state index < -0.39 is 17.9 Å². The lowest BCUT2D eigenvalue weighted by Crippen LogP contribution is -2.29. The highest BCUT2D eigenvalue weighted by Crippen LogP contribution is 2.44. The van der Waals surface area contributed by atoms with Crippen LogP contribution < -0.4 is 0 Å². The second kappa shape index (κ2) is 3.70. The third-order valence-electron chi connectivity index (χ3n) is 2.83. The summed E-state index contributed by atoms with van der Waals surface area (Å²) in [7, 11) is 0. The van der Waals surface area contributed by atoms with Crippen molar-refractivity contribution in [1.82, 2.24) is 0 Å². The summed E-state index contributed by atoms with van der Waals surface area (Å²) in [6, 6.07) is 3.77. The van der Waals surface area contributed by atoms with Crippen molar-refractivity contribution >= 4 is 23.3 Å². The molecular formula is C12H14O3S. The van der Waals surface area contributed by atoms with Crippen LogP contribution in [0.5, 0.6) is 0 Å². The molecule has 16 heavy (non-hydrogen) atoms. The van der Waals surface area contributed by atoms with Crippen LogP contribution in [0.15, 0.2) is 17.5 Å². The molecule has 0 radical (unpaired) electrons. The molecule has 1 aliphatic rings. The molecule has 0 aromatic carbocycles. The second-order valence-corrected chi connectivity index (χ2v) is 6.06. The molecule has 86 valence electrons. The largest absolute Gasteiger partial charge is 0.392 e. The van der Waals surface area contributed by atoms with E-state index in [9.17, 15) is 9.59 Å². The third-order valence-corrected chi connectivity index (χ3v) is 3.78. The van der Waals surface area contributed by atoms with Crippen LogP contribution in [0.1, 0.15) is 31.6 Å². The van der Waals surface area contributed by atoms with Crippen LogP contribution in [0.3, 0.4) is 0 Å². The highest BCUT2D eigenvalue weighted by Gasteiger charge is 2.51. The van der Waals surface area contributed by atoms with Gasteiger partial charge in [0.2, 0.25) is 0 Å². The molecule has 2 heterocycles. The lowest BCUT2D eigenvalue weighted by atomic mass is 9.74. The predicted octanol–water partition coefficient (Wildman–Crippen LogP) is 2.58. The summed E-state index contributed by atoms with van der Waals surface area (Å²) in [5.74, 6) is -1.60. The first kappa shape index (κ1) is 11.3. The van der Waals surface area contributed by atoms with Crippen molar-refractivity contribution in [3.05, 3.63) is 22.4 Å². The summed E-state index contributed by atoms with van der Waals surface area (Å²) in [6.45, 7) is 5.87. The SMILES string of the molecule is CC(C)(C)C1C(=O)OC(=O)C1c1cccs1. The lowest BCUT2D eigenvalue weighted by molar-refractivity contribution is -0.154. The van der Waals surface area contributed by atoms with Gasteiger partial charge in [-0.3, -0.25) is 9.59 Å². The zero-order valence-corrected chi connectivity index (χ0v) is 10.3. The van der Waals surface area contributed by atoms with Crippen molar-refractivity contribution < 1.29 is 14.3 Å².